The summed E-state index contributed by atoms with van der Waals surface area (Å²) in [5.74, 6) is 0.262. The molecule has 3 aromatic rings. The summed E-state index contributed by atoms with van der Waals surface area (Å²) < 4.78 is 5.74. The largest absolute Gasteiger partial charge is 0.480 e. The zero-order valence-electron chi connectivity index (χ0n) is 15.9. The van der Waals surface area contributed by atoms with Gasteiger partial charge < -0.3 is 15.4 Å². The number of benzene rings is 3. The lowest BCUT2D eigenvalue weighted by Gasteiger charge is -2.14. The van der Waals surface area contributed by atoms with Crippen LogP contribution in [-0.2, 0) is 17.6 Å². The number of amides is 2. The van der Waals surface area contributed by atoms with E-state index < -0.39 is 6.10 Å². The molecule has 0 aliphatic carbocycles. The molecule has 0 spiro atoms. The van der Waals surface area contributed by atoms with Gasteiger partial charge in [0.2, 0.25) is 0 Å². The number of ether oxygens (including phenoxy) is 1. The summed E-state index contributed by atoms with van der Waals surface area (Å²) in [6.45, 7) is 0.520. The molecule has 0 saturated carbocycles. The minimum atomic E-state index is -0.596. The molecule has 0 bridgehead atoms. The van der Waals surface area contributed by atoms with Crippen LogP contribution in [0.4, 0.5) is 5.69 Å². The Labute approximate surface area is 169 Å². The van der Waals surface area contributed by atoms with Crippen molar-refractivity contribution in [3.8, 4) is 5.75 Å². The molecule has 1 aliphatic rings. The topological polar surface area (TPSA) is 67.4 Å². The van der Waals surface area contributed by atoms with Crippen LogP contribution in [0.25, 0.3) is 0 Å². The molecule has 0 saturated heterocycles. The summed E-state index contributed by atoms with van der Waals surface area (Å²) in [6.07, 6.45) is 0.671. The van der Waals surface area contributed by atoms with Crippen LogP contribution in [0.15, 0.2) is 78.9 Å². The van der Waals surface area contributed by atoms with Gasteiger partial charge in [-0.15, -0.1) is 0 Å². The van der Waals surface area contributed by atoms with E-state index in [0.29, 0.717) is 24.2 Å². The minimum Gasteiger partial charge on any atom is -0.480 e. The summed E-state index contributed by atoms with van der Waals surface area (Å²) >= 11 is 0. The number of para-hydroxylation sites is 2. The fourth-order valence-electron chi connectivity index (χ4n) is 3.39. The van der Waals surface area contributed by atoms with Gasteiger partial charge in [0, 0.05) is 13.0 Å². The van der Waals surface area contributed by atoms with Gasteiger partial charge in [-0.05, 0) is 35.7 Å². The molecule has 146 valence electrons. The standard InChI is InChI=1S/C24H22N2O3/c27-23(25-15-14-17-8-2-1-3-9-17)19-11-5-6-12-20(19)26-24(28)22-16-18-10-4-7-13-21(18)29-22/h1-13,22H,14-16H2,(H,25,27)(H,26,28)/t22-/m0/s1. The summed E-state index contributed by atoms with van der Waals surface area (Å²) in [5, 5.41) is 5.77. The average molecular weight is 386 g/mol. The van der Waals surface area contributed by atoms with E-state index in [1.54, 1.807) is 24.3 Å². The van der Waals surface area contributed by atoms with Gasteiger partial charge in [0.25, 0.3) is 11.8 Å². The van der Waals surface area contributed by atoms with Crippen molar-refractivity contribution in [2.45, 2.75) is 18.9 Å². The molecule has 1 aliphatic heterocycles. The van der Waals surface area contributed by atoms with Gasteiger partial charge in [-0.3, -0.25) is 9.59 Å². The summed E-state index contributed by atoms with van der Waals surface area (Å²) in [4.78, 5) is 25.3. The molecule has 2 N–H and O–H groups in total. The summed E-state index contributed by atoms with van der Waals surface area (Å²) in [6, 6.07) is 24.6. The molecular weight excluding hydrogens is 364 g/mol. The lowest BCUT2D eigenvalue weighted by Crippen LogP contribution is -2.33. The molecule has 3 aromatic carbocycles. The first-order chi connectivity index (χ1) is 14.2. The zero-order valence-corrected chi connectivity index (χ0v) is 15.9. The molecule has 0 radical (unpaired) electrons. The highest BCUT2D eigenvalue weighted by molar-refractivity contribution is 6.04. The van der Waals surface area contributed by atoms with E-state index in [4.69, 9.17) is 4.74 Å². The van der Waals surface area contributed by atoms with Gasteiger partial charge >= 0.3 is 0 Å². The third-order valence-corrected chi connectivity index (χ3v) is 4.91. The van der Waals surface area contributed by atoms with Gasteiger partial charge in [-0.1, -0.05) is 60.7 Å². The van der Waals surface area contributed by atoms with Gasteiger partial charge in [0.15, 0.2) is 6.10 Å². The molecule has 2 amide bonds. The van der Waals surface area contributed by atoms with Crippen molar-refractivity contribution in [3.05, 3.63) is 95.6 Å². The molecule has 4 rings (SSSR count). The lowest BCUT2D eigenvalue weighted by atomic mass is 10.1. The quantitative estimate of drug-likeness (QED) is 0.680. The highest BCUT2D eigenvalue weighted by Crippen LogP contribution is 2.29. The number of hydrogen-bond acceptors (Lipinski definition) is 3. The Morgan fingerprint density at radius 1 is 0.897 bits per heavy atom. The number of hydrogen-bond donors (Lipinski definition) is 2. The molecule has 1 heterocycles. The van der Waals surface area contributed by atoms with E-state index in [-0.39, 0.29) is 11.8 Å². The Kier molecular flexibility index (Phi) is 5.56. The third kappa shape index (κ3) is 4.46. The fraction of sp³-hybridized carbons (Fsp3) is 0.167. The number of fused-ring (bicyclic) bond motifs is 1. The van der Waals surface area contributed by atoms with Crippen molar-refractivity contribution in [2.75, 3.05) is 11.9 Å². The lowest BCUT2D eigenvalue weighted by molar-refractivity contribution is -0.122. The van der Waals surface area contributed by atoms with E-state index in [1.165, 1.54) is 0 Å². The SMILES string of the molecule is O=C(NCCc1ccccc1)c1ccccc1NC(=O)[C@@H]1Cc2ccccc2O1. The maximum absolute atomic E-state index is 12.7. The molecular formula is C24H22N2O3. The van der Waals surface area contributed by atoms with E-state index >= 15 is 0 Å². The second kappa shape index (κ2) is 8.61. The van der Waals surface area contributed by atoms with Crippen LogP contribution in [0.3, 0.4) is 0 Å². The van der Waals surface area contributed by atoms with E-state index in [0.717, 1.165) is 23.3 Å². The Morgan fingerprint density at radius 2 is 1.62 bits per heavy atom. The molecule has 29 heavy (non-hydrogen) atoms. The van der Waals surface area contributed by atoms with Crippen molar-refractivity contribution in [1.82, 2.24) is 5.32 Å². The van der Waals surface area contributed by atoms with E-state index in [9.17, 15) is 9.59 Å². The van der Waals surface area contributed by atoms with Crippen molar-refractivity contribution in [2.24, 2.45) is 0 Å². The molecule has 0 fully saturated rings. The van der Waals surface area contributed by atoms with Crippen LogP contribution in [-0.4, -0.2) is 24.5 Å². The number of rotatable bonds is 6. The first kappa shape index (κ1) is 18.7. The number of carbonyl (C=O) groups is 2. The van der Waals surface area contributed by atoms with E-state index in [2.05, 4.69) is 10.6 Å². The average Bonchev–Trinajstić information content (AvgIpc) is 3.19. The Bertz CT molecular complexity index is 992. The monoisotopic (exact) mass is 386 g/mol. The number of carbonyl (C=O) groups excluding carboxylic acids is 2. The smallest absolute Gasteiger partial charge is 0.265 e. The van der Waals surface area contributed by atoms with Gasteiger partial charge in [0.1, 0.15) is 5.75 Å². The maximum Gasteiger partial charge on any atom is 0.265 e. The molecule has 1 atom stereocenters. The Morgan fingerprint density at radius 3 is 2.45 bits per heavy atom. The van der Waals surface area contributed by atoms with Gasteiger partial charge in [-0.2, -0.15) is 0 Å². The molecule has 0 unspecified atom stereocenters. The molecule has 5 nitrogen and oxygen atoms in total. The highest BCUT2D eigenvalue weighted by atomic mass is 16.5. The van der Waals surface area contributed by atoms with Crippen molar-refractivity contribution < 1.29 is 14.3 Å². The first-order valence-electron chi connectivity index (χ1n) is 9.67. The second-order valence-corrected chi connectivity index (χ2v) is 6.94. The number of anilines is 1. The normalized spacial score (nSPS) is 14.6. The first-order valence-corrected chi connectivity index (χ1v) is 9.67. The number of nitrogens with one attached hydrogen (secondary N) is 2. The van der Waals surface area contributed by atoms with Crippen LogP contribution in [0.5, 0.6) is 5.75 Å². The van der Waals surface area contributed by atoms with Crippen molar-refractivity contribution >= 4 is 17.5 Å². The highest BCUT2D eigenvalue weighted by Gasteiger charge is 2.29. The van der Waals surface area contributed by atoms with Crippen molar-refractivity contribution in [3.63, 3.8) is 0 Å². The Hall–Kier alpha value is -3.60. The molecule has 5 heteroatoms. The fourth-order valence-corrected chi connectivity index (χ4v) is 3.39. The summed E-state index contributed by atoms with van der Waals surface area (Å²) in [7, 11) is 0. The van der Waals surface area contributed by atoms with E-state index in [1.807, 2.05) is 54.6 Å². The van der Waals surface area contributed by atoms with Crippen molar-refractivity contribution in [1.29, 1.82) is 0 Å². The maximum atomic E-state index is 12.7. The predicted molar refractivity (Wildman–Crippen MR) is 112 cm³/mol. The van der Waals surface area contributed by atoms with Crippen LogP contribution in [0.2, 0.25) is 0 Å². The molecule has 0 aromatic heterocycles. The van der Waals surface area contributed by atoms with Gasteiger partial charge in [0.05, 0.1) is 11.3 Å². The van der Waals surface area contributed by atoms with Crippen LogP contribution in [0, 0.1) is 0 Å². The zero-order chi connectivity index (χ0) is 20.1. The van der Waals surface area contributed by atoms with Crippen LogP contribution >= 0.6 is 0 Å². The Balaban J connectivity index is 1.38. The predicted octanol–water partition coefficient (Wildman–Crippen LogP) is 3.60. The summed E-state index contributed by atoms with van der Waals surface area (Å²) in [5.41, 5.74) is 3.09. The van der Waals surface area contributed by atoms with Crippen LogP contribution < -0.4 is 15.4 Å². The minimum absolute atomic E-state index is 0.215. The van der Waals surface area contributed by atoms with Gasteiger partial charge in [-0.25, -0.2) is 0 Å². The third-order valence-electron chi connectivity index (χ3n) is 4.91. The van der Waals surface area contributed by atoms with Crippen LogP contribution in [0.1, 0.15) is 21.5 Å². The second-order valence-electron chi connectivity index (χ2n) is 6.94.